The number of halogens is 3. The molecule has 2 aromatic carbocycles. The van der Waals surface area contributed by atoms with Gasteiger partial charge < -0.3 is 10.4 Å². The Morgan fingerprint density at radius 2 is 1.59 bits per heavy atom. The highest BCUT2D eigenvalue weighted by atomic mass is 19.4. The molecular weight excluding hydrogens is 297 g/mol. The highest BCUT2D eigenvalue weighted by molar-refractivity contribution is 6.12. The number of fused-ring (bicyclic) bond motifs is 1. The Morgan fingerprint density at radius 1 is 1.00 bits per heavy atom. The number of aliphatic hydroxyl groups is 1. The van der Waals surface area contributed by atoms with Crippen molar-refractivity contribution in [3.63, 3.8) is 0 Å². The molecule has 0 bridgehead atoms. The molecule has 4 nitrogen and oxygen atoms in total. The molecule has 1 heterocycles. The minimum Gasteiger partial charge on any atom is -0.347 e. The Bertz CT molecular complexity index is 718. The van der Waals surface area contributed by atoms with Crippen molar-refractivity contribution in [1.29, 1.82) is 0 Å². The molecule has 1 aliphatic heterocycles. The van der Waals surface area contributed by atoms with Crippen molar-refractivity contribution in [2.45, 2.75) is 12.0 Å². The minimum atomic E-state index is -5.09. The fraction of sp³-hybridized carbons (Fsp3) is 0.133. The van der Waals surface area contributed by atoms with E-state index in [-0.39, 0.29) is 16.9 Å². The van der Waals surface area contributed by atoms with Gasteiger partial charge in [0.05, 0.1) is 11.3 Å². The Kier molecular flexibility index (Phi) is 3.10. The van der Waals surface area contributed by atoms with Crippen molar-refractivity contribution in [3.05, 3.63) is 60.2 Å². The van der Waals surface area contributed by atoms with E-state index < -0.39 is 17.9 Å². The average Bonchev–Trinajstić information content (AvgIpc) is 2.47. The van der Waals surface area contributed by atoms with Crippen LogP contribution < -0.4 is 10.2 Å². The number of carbonyl (C=O) groups is 1. The molecule has 0 fully saturated rings. The number of carbonyl (C=O) groups excluding carboxylic acids is 1. The van der Waals surface area contributed by atoms with E-state index in [9.17, 15) is 23.1 Å². The van der Waals surface area contributed by atoms with Gasteiger partial charge in [0.2, 0.25) is 0 Å². The summed E-state index contributed by atoms with van der Waals surface area (Å²) in [5.41, 5.74) is -0.0749. The van der Waals surface area contributed by atoms with Crippen LogP contribution >= 0.6 is 0 Å². The molecule has 0 aliphatic carbocycles. The average molecular weight is 308 g/mol. The third kappa shape index (κ3) is 2.01. The van der Waals surface area contributed by atoms with Gasteiger partial charge >= 0.3 is 12.0 Å². The molecule has 0 spiro atoms. The number of benzene rings is 2. The fourth-order valence-corrected chi connectivity index (χ4v) is 2.37. The smallest absolute Gasteiger partial charge is 0.347 e. The molecule has 1 aliphatic rings. The normalized spacial score (nSPS) is 21.3. The molecule has 0 saturated heterocycles. The monoisotopic (exact) mass is 308 g/mol. The number of hydrogen-bond acceptors (Lipinski definition) is 3. The summed E-state index contributed by atoms with van der Waals surface area (Å²) >= 11 is 0. The molecule has 7 heteroatoms. The molecule has 2 aromatic rings. The lowest BCUT2D eigenvalue weighted by molar-refractivity contribution is -0.245. The maximum atomic E-state index is 13.4. The van der Waals surface area contributed by atoms with Gasteiger partial charge in [0.15, 0.2) is 0 Å². The standard InChI is InChI=1S/C15H11F3N2O2/c16-14(17,18)15(22)19-12-9-5-4-8-11(12)13(21)20(15)10-6-2-1-3-7-10/h1-9,19,22H. The number of amides is 1. The highest BCUT2D eigenvalue weighted by Crippen LogP contribution is 2.42. The van der Waals surface area contributed by atoms with Crippen molar-refractivity contribution in [1.82, 2.24) is 0 Å². The van der Waals surface area contributed by atoms with Crippen LogP contribution in [0.5, 0.6) is 0 Å². The van der Waals surface area contributed by atoms with E-state index in [1.165, 1.54) is 42.5 Å². The van der Waals surface area contributed by atoms with Gasteiger partial charge in [0, 0.05) is 5.69 Å². The summed E-state index contributed by atoms with van der Waals surface area (Å²) < 4.78 is 40.3. The SMILES string of the molecule is O=C1c2ccccc2NC(O)(C(F)(F)F)N1c1ccccc1. The molecule has 1 atom stereocenters. The lowest BCUT2D eigenvalue weighted by Crippen LogP contribution is -2.68. The molecule has 22 heavy (non-hydrogen) atoms. The van der Waals surface area contributed by atoms with Crippen LogP contribution in [0.1, 0.15) is 10.4 Å². The van der Waals surface area contributed by atoms with Gasteiger partial charge in [-0.2, -0.15) is 13.2 Å². The summed E-state index contributed by atoms with van der Waals surface area (Å²) in [7, 11) is 0. The van der Waals surface area contributed by atoms with E-state index in [4.69, 9.17) is 0 Å². The third-order valence-corrected chi connectivity index (χ3v) is 3.40. The maximum absolute atomic E-state index is 13.4. The zero-order valence-electron chi connectivity index (χ0n) is 11.1. The van der Waals surface area contributed by atoms with Crippen LogP contribution in [0.4, 0.5) is 24.5 Å². The van der Waals surface area contributed by atoms with Crippen molar-refractivity contribution >= 4 is 17.3 Å². The second-order valence-corrected chi connectivity index (χ2v) is 4.82. The number of alkyl halides is 3. The number of nitrogens with zero attached hydrogens (tertiary/aromatic N) is 1. The van der Waals surface area contributed by atoms with Crippen LogP contribution in [-0.4, -0.2) is 23.0 Å². The molecule has 0 aromatic heterocycles. The first-order chi connectivity index (χ1) is 10.3. The summed E-state index contributed by atoms with van der Waals surface area (Å²) in [6.45, 7) is 0. The number of nitrogens with one attached hydrogen (secondary N) is 1. The largest absolute Gasteiger partial charge is 0.458 e. The van der Waals surface area contributed by atoms with Gasteiger partial charge in [0.1, 0.15) is 0 Å². The summed E-state index contributed by atoms with van der Waals surface area (Å²) in [5, 5.41) is 12.2. The Morgan fingerprint density at radius 3 is 2.23 bits per heavy atom. The molecule has 2 N–H and O–H groups in total. The zero-order chi connectivity index (χ0) is 16.0. The van der Waals surface area contributed by atoms with Gasteiger partial charge in [-0.1, -0.05) is 30.3 Å². The number of rotatable bonds is 1. The van der Waals surface area contributed by atoms with E-state index in [0.717, 1.165) is 0 Å². The van der Waals surface area contributed by atoms with Gasteiger partial charge in [-0.3, -0.25) is 9.69 Å². The van der Waals surface area contributed by atoms with Crippen molar-refractivity contribution in [2.24, 2.45) is 0 Å². The van der Waals surface area contributed by atoms with Crippen LogP contribution in [0.3, 0.4) is 0 Å². The van der Waals surface area contributed by atoms with Crippen molar-refractivity contribution < 1.29 is 23.1 Å². The molecule has 0 saturated carbocycles. The topological polar surface area (TPSA) is 52.6 Å². The molecular formula is C15H11F3N2O2. The van der Waals surface area contributed by atoms with E-state index in [1.54, 1.807) is 12.1 Å². The van der Waals surface area contributed by atoms with Crippen LogP contribution in [-0.2, 0) is 0 Å². The predicted molar refractivity (Wildman–Crippen MR) is 74.3 cm³/mol. The number of anilines is 2. The quantitative estimate of drug-likeness (QED) is 0.851. The molecule has 1 unspecified atom stereocenters. The van der Waals surface area contributed by atoms with Crippen LogP contribution in [0.25, 0.3) is 0 Å². The second-order valence-electron chi connectivity index (χ2n) is 4.82. The molecule has 1 amide bonds. The van der Waals surface area contributed by atoms with Gasteiger partial charge in [0.25, 0.3) is 5.91 Å². The van der Waals surface area contributed by atoms with Gasteiger partial charge in [-0.25, -0.2) is 0 Å². The number of hydrogen-bond donors (Lipinski definition) is 2. The molecule has 0 radical (unpaired) electrons. The Balaban J connectivity index is 2.22. The summed E-state index contributed by atoms with van der Waals surface area (Å²) in [6.07, 6.45) is -5.09. The lowest BCUT2D eigenvalue weighted by Gasteiger charge is -2.44. The van der Waals surface area contributed by atoms with Gasteiger partial charge in [-0.05, 0) is 24.3 Å². The zero-order valence-corrected chi connectivity index (χ0v) is 11.1. The van der Waals surface area contributed by atoms with Crippen molar-refractivity contribution in [3.8, 4) is 0 Å². The fourth-order valence-electron chi connectivity index (χ4n) is 2.37. The van der Waals surface area contributed by atoms with E-state index in [2.05, 4.69) is 0 Å². The number of para-hydroxylation sites is 2. The van der Waals surface area contributed by atoms with Crippen LogP contribution in [0.2, 0.25) is 0 Å². The highest BCUT2D eigenvalue weighted by Gasteiger charge is 2.63. The predicted octanol–water partition coefficient (Wildman–Crippen LogP) is 2.97. The van der Waals surface area contributed by atoms with E-state index in [0.29, 0.717) is 4.90 Å². The second kappa shape index (κ2) is 4.74. The molecule has 3 rings (SSSR count). The maximum Gasteiger partial charge on any atom is 0.458 e. The first-order valence-electron chi connectivity index (χ1n) is 6.40. The first-order valence-corrected chi connectivity index (χ1v) is 6.40. The summed E-state index contributed by atoms with van der Waals surface area (Å²) in [5.74, 6) is -4.44. The first kappa shape index (κ1) is 14.4. The van der Waals surface area contributed by atoms with Gasteiger partial charge in [-0.15, -0.1) is 0 Å². The summed E-state index contributed by atoms with van der Waals surface area (Å²) in [4.78, 5) is 12.8. The van der Waals surface area contributed by atoms with Crippen molar-refractivity contribution in [2.75, 3.05) is 10.2 Å². The van der Waals surface area contributed by atoms with E-state index in [1.807, 2.05) is 5.32 Å². The molecule has 114 valence electrons. The van der Waals surface area contributed by atoms with Crippen LogP contribution in [0.15, 0.2) is 54.6 Å². The summed E-state index contributed by atoms with van der Waals surface area (Å²) in [6, 6.07) is 13.0. The third-order valence-electron chi connectivity index (χ3n) is 3.40. The van der Waals surface area contributed by atoms with E-state index >= 15 is 0 Å². The Hall–Kier alpha value is -2.54. The van der Waals surface area contributed by atoms with Crippen LogP contribution in [0, 0.1) is 0 Å². The Labute approximate surface area is 123 Å². The lowest BCUT2D eigenvalue weighted by atomic mass is 10.0. The minimum absolute atomic E-state index is 0.0558.